The Kier molecular flexibility index (Phi) is 4.54. The summed E-state index contributed by atoms with van der Waals surface area (Å²) in [6.07, 6.45) is 6.44. The van der Waals surface area contributed by atoms with Gasteiger partial charge in [0.25, 0.3) is 0 Å². The van der Waals surface area contributed by atoms with Crippen molar-refractivity contribution in [3.63, 3.8) is 0 Å². The predicted molar refractivity (Wildman–Crippen MR) is 94.7 cm³/mol. The van der Waals surface area contributed by atoms with Crippen LogP contribution >= 0.6 is 0 Å². The highest BCUT2D eigenvalue weighted by atomic mass is 16.3. The second-order valence-corrected chi connectivity index (χ2v) is 7.15. The molecule has 2 aliphatic rings. The number of anilines is 1. The fraction of sp³-hybridized carbons (Fsp3) is 0.526. The fourth-order valence-electron chi connectivity index (χ4n) is 4.38. The number of aliphatic hydroxyl groups excluding tert-OH is 1. The molecule has 5 nitrogen and oxygen atoms in total. The van der Waals surface area contributed by atoms with Gasteiger partial charge in [-0.15, -0.1) is 0 Å². The molecule has 0 bridgehead atoms. The SMILES string of the molecule is OCCn1cc(NC2CCC3CN(Cc4ccccc4)CC32)cn1. The van der Waals surface area contributed by atoms with Gasteiger partial charge in [-0.05, 0) is 30.2 Å². The molecule has 1 aromatic carbocycles. The Morgan fingerprint density at radius 2 is 2.04 bits per heavy atom. The molecule has 3 atom stereocenters. The summed E-state index contributed by atoms with van der Waals surface area (Å²) < 4.78 is 1.80. The largest absolute Gasteiger partial charge is 0.394 e. The van der Waals surface area contributed by atoms with Crippen molar-refractivity contribution in [1.29, 1.82) is 0 Å². The number of nitrogens with one attached hydrogen (secondary N) is 1. The monoisotopic (exact) mass is 326 g/mol. The maximum absolute atomic E-state index is 9.00. The summed E-state index contributed by atoms with van der Waals surface area (Å²) >= 11 is 0. The number of nitrogens with zero attached hydrogens (tertiary/aromatic N) is 3. The van der Waals surface area contributed by atoms with E-state index in [-0.39, 0.29) is 6.61 Å². The van der Waals surface area contributed by atoms with Crippen LogP contribution in [-0.4, -0.2) is 45.5 Å². The highest BCUT2D eigenvalue weighted by Crippen LogP contribution is 2.40. The smallest absolute Gasteiger partial charge is 0.0728 e. The van der Waals surface area contributed by atoms with Crippen LogP contribution in [0.3, 0.4) is 0 Å². The minimum Gasteiger partial charge on any atom is -0.394 e. The minimum atomic E-state index is 0.129. The first kappa shape index (κ1) is 15.7. The van der Waals surface area contributed by atoms with Crippen LogP contribution in [0.1, 0.15) is 18.4 Å². The van der Waals surface area contributed by atoms with E-state index in [2.05, 4.69) is 45.6 Å². The van der Waals surface area contributed by atoms with Gasteiger partial charge in [0.1, 0.15) is 0 Å². The third-order valence-electron chi connectivity index (χ3n) is 5.50. The van der Waals surface area contributed by atoms with Gasteiger partial charge in [-0.1, -0.05) is 30.3 Å². The van der Waals surface area contributed by atoms with Gasteiger partial charge in [-0.3, -0.25) is 9.58 Å². The third-order valence-corrected chi connectivity index (χ3v) is 5.50. The van der Waals surface area contributed by atoms with Crippen LogP contribution in [0.25, 0.3) is 0 Å². The number of likely N-dealkylation sites (tertiary alicyclic amines) is 1. The highest BCUT2D eigenvalue weighted by Gasteiger charge is 2.42. The molecule has 5 heteroatoms. The predicted octanol–water partition coefficient (Wildman–Crippen LogP) is 2.20. The number of benzene rings is 1. The Labute approximate surface area is 143 Å². The van der Waals surface area contributed by atoms with E-state index in [0.29, 0.717) is 12.6 Å². The standard InChI is InChI=1S/C19H26N4O/c24-9-8-23-13-17(10-20-23)21-19-7-6-16-12-22(14-18(16)19)11-15-4-2-1-3-5-15/h1-5,10,13,16,18-19,21,24H,6-9,11-12,14H2. The van der Waals surface area contributed by atoms with Crippen molar-refractivity contribution in [1.82, 2.24) is 14.7 Å². The van der Waals surface area contributed by atoms with E-state index >= 15 is 0 Å². The summed E-state index contributed by atoms with van der Waals surface area (Å²) in [5.41, 5.74) is 2.49. The lowest BCUT2D eigenvalue weighted by atomic mass is 9.98. The van der Waals surface area contributed by atoms with Crippen molar-refractivity contribution >= 4 is 5.69 Å². The summed E-state index contributed by atoms with van der Waals surface area (Å²) in [7, 11) is 0. The summed E-state index contributed by atoms with van der Waals surface area (Å²) in [6, 6.07) is 11.3. The van der Waals surface area contributed by atoms with Gasteiger partial charge in [0.2, 0.25) is 0 Å². The number of hydrogen-bond donors (Lipinski definition) is 2. The average molecular weight is 326 g/mol. The van der Waals surface area contributed by atoms with E-state index in [1.54, 1.807) is 4.68 Å². The molecule has 0 amide bonds. The fourth-order valence-corrected chi connectivity index (χ4v) is 4.38. The van der Waals surface area contributed by atoms with Crippen molar-refractivity contribution in [3.8, 4) is 0 Å². The first-order valence-electron chi connectivity index (χ1n) is 8.98. The van der Waals surface area contributed by atoms with Gasteiger partial charge in [0.05, 0.1) is 25.0 Å². The molecule has 2 aromatic rings. The van der Waals surface area contributed by atoms with Gasteiger partial charge < -0.3 is 10.4 Å². The molecule has 2 N–H and O–H groups in total. The average Bonchev–Trinajstić information content (AvgIpc) is 3.27. The Morgan fingerprint density at radius 1 is 1.17 bits per heavy atom. The quantitative estimate of drug-likeness (QED) is 0.854. The number of hydrogen-bond acceptors (Lipinski definition) is 4. The Morgan fingerprint density at radius 3 is 2.88 bits per heavy atom. The minimum absolute atomic E-state index is 0.129. The Bertz CT molecular complexity index is 656. The van der Waals surface area contributed by atoms with E-state index < -0.39 is 0 Å². The summed E-state index contributed by atoms with van der Waals surface area (Å²) in [5, 5.41) is 17.0. The Hall–Kier alpha value is -1.85. The van der Waals surface area contributed by atoms with Gasteiger partial charge in [-0.25, -0.2) is 0 Å². The van der Waals surface area contributed by atoms with E-state index in [1.807, 2.05) is 12.4 Å². The van der Waals surface area contributed by atoms with Gasteiger partial charge in [0, 0.05) is 31.9 Å². The Balaban J connectivity index is 1.35. The summed E-state index contributed by atoms with van der Waals surface area (Å²) in [5.74, 6) is 1.55. The van der Waals surface area contributed by atoms with Crippen molar-refractivity contribution in [3.05, 3.63) is 48.3 Å². The maximum Gasteiger partial charge on any atom is 0.0728 e. The molecule has 3 unspecified atom stereocenters. The van der Waals surface area contributed by atoms with Gasteiger partial charge in [0.15, 0.2) is 0 Å². The highest BCUT2D eigenvalue weighted by molar-refractivity contribution is 5.40. The molecule has 0 radical (unpaired) electrons. The van der Waals surface area contributed by atoms with Gasteiger partial charge >= 0.3 is 0 Å². The molecule has 1 saturated heterocycles. The van der Waals surface area contributed by atoms with E-state index in [1.165, 1.54) is 31.5 Å². The molecule has 1 aliphatic heterocycles. The maximum atomic E-state index is 9.00. The molecule has 2 heterocycles. The molecule has 128 valence electrons. The normalized spacial score (nSPS) is 26.6. The molecule has 24 heavy (non-hydrogen) atoms. The van der Waals surface area contributed by atoms with E-state index in [0.717, 1.165) is 24.1 Å². The van der Waals surface area contributed by atoms with Crippen LogP contribution in [0.15, 0.2) is 42.7 Å². The van der Waals surface area contributed by atoms with Crippen LogP contribution in [0.5, 0.6) is 0 Å². The van der Waals surface area contributed by atoms with Crippen LogP contribution in [0.4, 0.5) is 5.69 Å². The zero-order chi connectivity index (χ0) is 16.4. The third kappa shape index (κ3) is 3.32. The van der Waals surface area contributed by atoms with Crippen molar-refractivity contribution in [2.75, 3.05) is 25.0 Å². The number of fused-ring (bicyclic) bond motifs is 1. The zero-order valence-corrected chi connectivity index (χ0v) is 14.0. The topological polar surface area (TPSA) is 53.3 Å². The lowest BCUT2D eigenvalue weighted by Gasteiger charge is -2.22. The summed E-state index contributed by atoms with van der Waals surface area (Å²) in [4.78, 5) is 2.60. The molecular weight excluding hydrogens is 300 g/mol. The zero-order valence-electron chi connectivity index (χ0n) is 14.0. The van der Waals surface area contributed by atoms with Crippen LogP contribution in [0, 0.1) is 11.8 Å². The van der Waals surface area contributed by atoms with Gasteiger partial charge in [-0.2, -0.15) is 5.10 Å². The second kappa shape index (κ2) is 6.95. The lowest BCUT2D eigenvalue weighted by molar-refractivity contribution is 0.269. The number of aliphatic hydroxyl groups is 1. The van der Waals surface area contributed by atoms with E-state index in [4.69, 9.17) is 5.11 Å². The van der Waals surface area contributed by atoms with Crippen LogP contribution < -0.4 is 5.32 Å². The first-order valence-corrected chi connectivity index (χ1v) is 8.98. The van der Waals surface area contributed by atoms with Crippen molar-refractivity contribution in [2.45, 2.75) is 32.0 Å². The number of aromatic nitrogens is 2. The summed E-state index contributed by atoms with van der Waals surface area (Å²) in [6.45, 7) is 4.16. The van der Waals surface area contributed by atoms with Crippen LogP contribution in [-0.2, 0) is 13.1 Å². The molecule has 1 saturated carbocycles. The second-order valence-electron chi connectivity index (χ2n) is 7.15. The van der Waals surface area contributed by atoms with Crippen molar-refractivity contribution < 1.29 is 5.11 Å². The lowest BCUT2D eigenvalue weighted by Crippen LogP contribution is -2.29. The molecular formula is C19H26N4O. The first-order chi connectivity index (χ1) is 11.8. The number of rotatable bonds is 6. The van der Waals surface area contributed by atoms with Crippen LogP contribution in [0.2, 0.25) is 0 Å². The van der Waals surface area contributed by atoms with E-state index in [9.17, 15) is 0 Å². The molecule has 1 aromatic heterocycles. The molecule has 2 fully saturated rings. The molecule has 1 aliphatic carbocycles. The van der Waals surface area contributed by atoms with Crippen molar-refractivity contribution in [2.24, 2.45) is 11.8 Å². The molecule has 4 rings (SSSR count). The molecule has 0 spiro atoms.